The van der Waals surface area contributed by atoms with Gasteiger partial charge in [-0.05, 0) is 110 Å². The molecule has 0 aliphatic carbocycles. The smallest absolute Gasteiger partial charge is 0.425 e. The molecule has 2 amide bonds. The third kappa shape index (κ3) is 19.9. The van der Waals surface area contributed by atoms with E-state index in [-0.39, 0.29) is 67.3 Å². The molecule has 0 saturated carbocycles. The molecule has 0 bridgehead atoms. The number of nitrogens with zero attached hydrogens (tertiary/aromatic N) is 6. The summed E-state index contributed by atoms with van der Waals surface area (Å²) in [6, 6.07) is 10.6. The topological polar surface area (TPSA) is 235 Å². The molecule has 3 aliphatic heterocycles. The van der Waals surface area contributed by atoms with E-state index in [1.54, 1.807) is 41.1 Å². The first-order valence-electron chi connectivity index (χ1n) is 27.7. The third-order valence-electron chi connectivity index (χ3n) is 13.6. The molecule has 484 valence electrons. The molecule has 8 rings (SSSR count). The molecule has 4 N–H and O–H groups in total. The monoisotopic (exact) mass is 1340 g/mol. The number of halogens is 10. The molecule has 0 unspecified atom stereocenters. The molecule has 4 aromatic heterocycles. The Hall–Kier alpha value is -7.76. The lowest BCUT2D eigenvalue weighted by Gasteiger charge is -2.50. The number of allylic oxidation sites excluding steroid dienone is 3. The van der Waals surface area contributed by atoms with Gasteiger partial charge in [0.05, 0.1) is 42.7 Å². The Bertz CT molecular complexity index is 3210. The summed E-state index contributed by atoms with van der Waals surface area (Å²) in [6.45, 7) is 11.4. The number of benzene rings is 1. The zero-order valence-corrected chi connectivity index (χ0v) is 50.5. The van der Waals surface area contributed by atoms with E-state index >= 15 is 0 Å². The molecule has 18 nitrogen and oxygen atoms in total. The van der Waals surface area contributed by atoms with Crippen molar-refractivity contribution in [2.24, 2.45) is 0 Å². The first kappa shape index (κ1) is 72.0. The number of rotatable bonds is 17. The zero-order chi connectivity index (χ0) is 65.5. The number of fused-ring (bicyclic) bond motifs is 2. The number of carboxylic acid groups (broad SMARTS) is 2. The molecule has 0 radical (unpaired) electrons. The van der Waals surface area contributed by atoms with Crippen LogP contribution in [0.5, 0.6) is 23.3 Å². The summed E-state index contributed by atoms with van der Waals surface area (Å²) in [5.74, 6) is -3.87. The summed E-state index contributed by atoms with van der Waals surface area (Å²) in [7, 11) is 0. The first-order valence-corrected chi connectivity index (χ1v) is 29.4. The van der Waals surface area contributed by atoms with Crippen LogP contribution >= 0.6 is 27.3 Å². The number of thiophene rings is 1. The van der Waals surface area contributed by atoms with Crippen molar-refractivity contribution in [2.45, 2.75) is 94.9 Å². The maximum Gasteiger partial charge on any atom is 0.425 e. The van der Waals surface area contributed by atoms with Crippen molar-refractivity contribution >= 4 is 56.7 Å². The Labute approximate surface area is 519 Å². The Morgan fingerprint density at radius 1 is 0.787 bits per heavy atom. The van der Waals surface area contributed by atoms with E-state index in [0.29, 0.717) is 112 Å². The second-order valence-corrected chi connectivity index (χ2v) is 21.3. The second kappa shape index (κ2) is 33.7. The standard InChI is InChI=1S/C36H41F3N4O6S.C12H12F3NO3.C7H3BrF3NO2.C5H10O/c1-25-12-14-40-32-31(25)33(45)43-15-8-13-35(29(43)11-4-2-3-7-21-48-32,49-26-23-30(50-24-26)36(37,38)39)34(46)42-18-16-41(17-19-42)27-9-5-6-10-28(27)47-22-20-44;1-2-3-4-7-19-10-9(11(17)18)8(5-6-16-10)12(13,14)15;8-5-4(6(13)14)3(1-2-12-5)7(9,10)11;1-2-3-4-5-6/h2,4-6,9-10,12,14,23-24,29,44H,3,7-8,11,13,15-22H2,1H3;2,5-6H,1,3-4,7H2,(H,17,18);1-2H,(H,13,14);2,6H,1,3-5H2/b4-2-;;;/t29-,35+;;;/m1.../s1. The van der Waals surface area contributed by atoms with Gasteiger partial charge in [-0.3, -0.25) is 9.59 Å². The maximum absolute atomic E-state index is 15.0. The van der Waals surface area contributed by atoms with Gasteiger partial charge in [-0.15, -0.1) is 24.5 Å². The SMILES string of the molecule is C=CCCCO.C=CCCCOc1nccc(C(F)(F)F)c1C(=O)O.Cc1ccnc2c1C(=O)N1CCC[C@@](Oc3csc(C(F)(F)F)c3)(C(=O)N3CCN(c4ccccc4OCCO)CC3)[C@H]1C/C=C\CCCO2.O=C(O)c1c(C(F)(F)F)ccnc1Br. The number of unbranched alkanes of at least 4 members (excludes halogenated alkanes) is 2. The fraction of sp³-hybridized carbons (Fsp3) is 0.417. The van der Waals surface area contributed by atoms with Gasteiger partial charge in [0.2, 0.25) is 17.4 Å². The number of piperidine rings is 1. The number of hydrogen-bond donors (Lipinski definition) is 4. The fourth-order valence-corrected chi connectivity index (χ4v) is 10.6. The molecular formula is C60H66BrF9N6O12S. The van der Waals surface area contributed by atoms with Crippen molar-refractivity contribution in [1.29, 1.82) is 0 Å². The van der Waals surface area contributed by atoms with Crippen LogP contribution in [-0.4, -0.2) is 146 Å². The van der Waals surface area contributed by atoms with Gasteiger partial charge in [0.1, 0.15) is 44.3 Å². The molecule has 5 aromatic rings. The normalized spacial score (nSPS) is 17.3. The number of pyridine rings is 3. The van der Waals surface area contributed by atoms with E-state index in [0.717, 1.165) is 37.0 Å². The van der Waals surface area contributed by atoms with Gasteiger partial charge >= 0.3 is 30.5 Å². The highest BCUT2D eigenvalue weighted by molar-refractivity contribution is 9.10. The number of carboxylic acids is 2. The van der Waals surface area contributed by atoms with Crippen molar-refractivity contribution in [3.63, 3.8) is 0 Å². The number of alkyl halides is 9. The van der Waals surface area contributed by atoms with E-state index in [1.807, 2.05) is 36.4 Å². The second-order valence-electron chi connectivity index (χ2n) is 19.7. The fourth-order valence-electron chi connectivity index (χ4n) is 9.47. The Balaban J connectivity index is 0.000000299. The van der Waals surface area contributed by atoms with E-state index in [4.69, 9.17) is 34.3 Å². The maximum atomic E-state index is 15.0. The van der Waals surface area contributed by atoms with E-state index < -0.39 is 75.1 Å². The van der Waals surface area contributed by atoms with Crippen molar-refractivity contribution in [3.8, 4) is 23.3 Å². The number of ether oxygens (including phenoxy) is 4. The molecule has 2 saturated heterocycles. The largest absolute Gasteiger partial charge is 0.489 e. The molecule has 89 heavy (non-hydrogen) atoms. The van der Waals surface area contributed by atoms with Crippen LogP contribution in [0.4, 0.5) is 45.2 Å². The molecule has 29 heteroatoms. The van der Waals surface area contributed by atoms with Crippen LogP contribution in [-0.2, 0) is 23.3 Å². The number of amides is 2. The molecule has 7 heterocycles. The van der Waals surface area contributed by atoms with Crippen molar-refractivity contribution in [2.75, 3.05) is 70.7 Å². The number of para-hydroxylation sites is 2. The van der Waals surface area contributed by atoms with Crippen LogP contribution in [0.2, 0.25) is 0 Å². The first-order chi connectivity index (χ1) is 42.2. The Morgan fingerprint density at radius 2 is 1.43 bits per heavy atom. The minimum atomic E-state index is -4.77. The molecule has 3 aliphatic rings. The summed E-state index contributed by atoms with van der Waals surface area (Å²) < 4.78 is 139. The molecule has 1 aromatic carbocycles. The van der Waals surface area contributed by atoms with Gasteiger partial charge in [0.15, 0.2) is 0 Å². The van der Waals surface area contributed by atoms with Gasteiger partial charge in [-0.25, -0.2) is 24.5 Å². The van der Waals surface area contributed by atoms with Gasteiger partial charge in [-0.1, -0.05) is 36.4 Å². The van der Waals surface area contributed by atoms with Crippen molar-refractivity contribution in [1.82, 2.24) is 24.8 Å². The van der Waals surface area contributed by atoms with Crippen molar-refractivity contribution in [3.05, 3.63) is 153 Å². The summed E-state index contributed by atoms with van der Waals surface area (Å²) in [5.41, 5.74) is -4.19. The minimum Gasteiger partial charge on any atom is -0.489 e. The summed E-state index contributed by atoms with van der Waals surface area (Å²) in [6.07, 6.45) is 1.78. The molecular weight excluding hydrogens is 1280 g/mol. The van der Waals surface area contributed by atoms with E-state index in [1.165, 1.54) is 5.38 Å². The van der Waals surface area contributed by atoms with Crippen LogP contribution in [0.15, 0.2) is 115 Å². The third-order valence-corrected chi connectivity index (χ3v) is 15.2. The zero-order valence-electron chi connectivity index (χ0n) is 48.1. The number of aliphatic hydroxyl groups is 2. The number of aliphatic hydroxyl groups excluding tert-OH is 2. The van der Waals surface area contributed by atoms with Crippen molar-refractivity contribution < 1.29 is 98.1 Å². The van der Waals surface area contributed by atoms with Gasteiger partial charge in [0, 0.05) is 75.8 Å². The molecule has 2 atom stereocenters. The summed E-state index contributed by atoms with van der Waals surface area (Å²) in [4.78, 5) is 66.9. The average Bonchev–Trinajstić information content (AvgIpc) is 1.48. The van der Waals surface area contributed by atoms with Crippen LogP contribution in [0.1, 0.15) is 110 Å². The molecule has 0 spiro atoms. The Morgan fingerprint density at radius 3 is 2.02 bits per heavy atom. The number of piperazine rings is 1. The molecule has 2 fully saturated rings. The van der Waals surface area contributed by atoms with Crippen LogP contribution in [0.3, 0.4) is 0 Å². The highest BCUT2D eigenvalue weighted by Gasteiger charge is 2.56. The van der Waals surface area contributed by atoms with E-state index in [9.17, 15) is 63.8 Å². The highest BCUT2D eigenvalue weighted by Crippen LogP contribution is 2.43. The predicted molar refractivity (Wildman–Crippen MR) is 314 cm³/mol. The number of carbonyl (C=O) groups is 4. The predicted octanol–water partition coefficient (Wildman–Crippen LogP) is 12.4. The lowest BCUT2D eigenvalue weighted by Crippen LogP contribution is -2.69. The number of aryl methyl sites for hydroxylation is 1. The lowest BCUT2D eigenvalue weighted by atomic mass is 9.80. The van der Waals surface area contributed by atoms with Crippen LogP contribution in [0.25, 0.3) is 0 Å². The quantitative estimate of drug-likeness (QED) is 0.0293. The Kier molecular flexibility index (Phi) is 27.3. The summed E-state index contributed by atoms with van der Waals surface area (Å²) >= 11 is 3.16. The van der Waals surface area contributed by atoms with Gasteiger partial charge < -0.3 is 54.1 Å². The minimum absolute atomic E-state index is 0.0600. The number of aromatic carboxylic acids is 2. The number of carbonyl (C=O) groups excluding carboxylic acids is 2. The average molecular weight is 1350 g/mol. The van der Waals surface area contributed by atoms with Crippen LogP contribution in [0, 0.1) is 6.92 Å². The number of aromatic nitrogens is 3. The van der Waals surface area contributed by atoms with Crippen LogP contribution < -0.4 is 23.8 Å². The van der Waals surface area contributed by atoms with E-state index in [2.05, 4.69) is 48.9 Å². The highest BCUT2D eigenvalue weighted by atomic mass is 79.9. The number of hydrogen-bond acceptors (Lipinski definition) is 15. The summed E-state index contributed by atoms with van der Waals surface area (Å²) in [5, 5.41) is 36.1. The van der Waals surface area contributed by atoms with Gasteiger partial charge in [-0.2, -0.15) is 39.5 Å². The van der Waals surface area contributed by atoms with Gasteiger partial charge in [0.25, 0.3) is 11.8 Å². The lowest BCUT2D eigenvalue weighted by molar-refractivity contribution is -0.159. The number of anilines is 1.